The van der Waals surface area contributed by atoms with Gasteiger partial charge in [-0.1, -0.05) is 54.6 Å². The van der Waals surface area contributed by atoms with Crippen LogP contribution in [0.2, 0.25) is 0 Å². The second-order valence-corrected chi connectivity index (χ2v) is 10.0. The fraction of sp³-hybridized carbons (Fsp3) is 0.300. The van der Waals surface area contributed by atoms with Crippen LogP contribution < -0.4 is 15.4 Å². The van der Waals surface area contributed by atoms with Crippen molar-refractivity contribution in [3.8, 4) is 0 Å². The predicted octanol–water partition coefficient (Wildman–Crippen LogP) is 3.87. The van der Waals surface area contributed by atoms with E-state index in [1.54, 1.807) is 15.5 Å². The normalized spacial score (nSPS) is 18.0. The second-order valence-electron chi connectivity index (χ2n) is 10.0. The van der Waals surface area contributed by atoms with Gasteiger partial charge in [-0.2, -0.15) is 0 Å². The van der Waals surface area contributed by atoms with Gasteiger partial charge in [-0.15, -0.1) is 0 Å². The molecule has 0 N–H and O–H groups in total. The molecule has 1 unspecified atom stereocenters. The van der Waals surface area contributed by atoms with Gasteiger partial charge in [0.1, 0.15) is 6.04 Å². The Morgan fingerprint density at radius 1 is 0.811 bits per heavy atom. The zero-order chi connectivity index (χ0) is 25.4. The van der Waals surface area contributed by atoms with Crippen LogP contribution in [-0.2, 0) is 17.8 Å². The SMILES string of the molecule is CN1CCN(c2ccc(CN3C(=O)C(CCc4ccccc4)n4c3nc3ccccc3c4=O)cc2)CC1. The monoisotopic (exact) mass is 493 g/mol. The third-order valence-corrected chi connectivity index (χ3v) is 7.59. The van der Waals surface area contributed by atoms with Crippen LogP contribution in [-0.4, -0.2) is 53.6 Å². The van der Waals surface area contributed by atoms with E-state index in [0.29, 0.717) is 36.2 Å². The van der Waals surface area contributed by atoms with E-state index in [1.807, 2.05) is 36.4 Å². The second kappa shape index (κ2) is 9.82. The van der Waals surface area contributed by atoms with Gasteiger partial charge in [0.15, 0.2) is 0 Å². The maximum absolute atomic E-state index is 13.8. The molecule has 1 amide bonds. The van der Waals surface area contributed by atoms with E-state index < -0.39 is 6.04 Å². The standard InChI is InChI=1S/C30H31N5O2/c1-32-17-19-33(20-18-32)24-14-11-23(12-15-24)21-34-29(37)27(16-13-22-7-3-2-4-8-22)35-28(36)25-9-5-6-10-26(25)31-30(34)35/h2-12,14-15,27H,13,16-21H2,1H3. The number of amides is 1. The van der Waals surface area contributed by atoms with Crippen LogP contribution >= 0.6 is 0 Å². The summed E-state index contributed by atoms with van der Waals surface area (Å²) in [5.74, 6) is 0.369. The number of hydrogen-bond donors (Lipinski definition) is 0. The highest BCUT2D eigenvalue weighted by Gasteiger charge is 2.39. The van der Waals surface area contributed by atoms with Gasteiger partial charge in [0.2, 0.25) is 5.95 Å². The minimum atomic E-state index is -0.565. The number of aryl methyl sites for hydroxylation is 1. The Hall–Kier alpha value is -3.97. The smallest absolute Gasteiger partial charge is 0.263 e. The zero-order valence-electron chi connectivity index (χ0n) is 21.1. The summed E-state index contributed by atoms with van der Waals surface area (Å²) in [5.41, 5.74) is 3.83. The molecule has 1 atom stereocenters. The van der Waals surface area contributed by atoms with Gasteiger partial charge >= 0.3 is 0 Å². The topological polar surface area (TPSA) is 61.7 Å². The Kier molecular flexibility index (Phi) is 6.22. The molecule has 0 radical (unpaired) electrons. The molecule has 7 nitrogen and oxygen atoms in total. The lowest BCUT2D eigenvalue weighted by Gasteiger charge is -2.34. The molecule has 3 heterocycles. The molecule has 1 fully saturated rings. The molecular weight excluding hydrogens is 462 g/mol. The first kappa shape index (κ1) is 23.4. The van der Waals surface area contributed by atoms with Crippen molar-refractivity contribution < 1.29 is 4.79 Å². The molecule has 1 aromatic heterocycles. The quantitative estimate of drug-likeness (QED) is 0.408. The van der Waals surface area contributed by atoms with E-state index >= 15 is 0 Å². The molecule has 2 aliphatic heterocycles. The maximum atomic E-state index is 13.8. The lowest BCUT2D eigenvalue weighted by atomic mass is 10.0. The summed E-state index contributed by atoms with van der Waals surface area (Å²) in [7, 11) is 2.15. The zero-order valence-corrected chi connectivity index (χ0v) is 21.1. The van der Waals surface area contributed by atoms with Crippen LogP contribution in [0.5, 0.6) is 0 Å². The van der Waals surface area contributed by atoms with Gasteiger partial charge in [-0.25, -0.2) is 4.98 Å². The Morgan fingerprint density at radius 2 is 1.51 bits per heavy atom. The molecule has 6 rings (SSSR count). The number of nitrogens with zero attached hydrogens (tertiary/aromatic N) is 5. The van der Waals surface area contributed by atoms with Gasteiger partial charge in [0, 0.05) is 31.9 Å². The molecule has 0 saturated carbocycles. The van der Waals surface area contributed by atoms with E-state index in [9.17, 15) is 9.59 Å². The molecule has 3 aromatic carbocycles. The summed E-state index contributed by atoms with van der Waals surface area (Å²) in [4.78, 5) is 38.6. The van der Waals surface area contributed by atoms with E-state index in [2.05, 4.69) is 53.2 Å². The molecule has 0 aliphatic carbocycles. The van der Waals surface area contributed by atoms with Crippen molar-refractivity contribution in [1.82, 2.24) is 14.5 Å². The largest absolute Gasteiger partial charge is 0.369 e. The molecule has 0 spiro atoms. The van der Waals surface area contributed by atoms with Gasteiger partial charge in [-0.3, -0.25) is 19.1 Å². The summed E-state index contributed by atoms with van der Waals surface area (Å²) in [5, 5.41) is 0.544. The molecule has 4 aromatic rings. The summed E-state index contributed by atoms with van der Waals surface area (Å²) < 4.78 is 1.62. The molecular formula is C30H31N5O2. The highest BCUT2D eigenvalue weighted by molar-refractivity contribution is 5.99. The average Bonchev–Trinajstić information content (AvgIpc) is 3.19. The van der Waals surface area contributed by atoms with Crippen LogP contribution in [0.4, 0.5) is 11.6 Å². The number of benzene rings is 3. The van der Waals surface area contributed by atoms with Gasteiger partial charge in [0.05, 0.1) is 17.4 Å². The van der Waals surface area contributed by atoms with Gasteiger partial charge in [-0.05, 0) is 55.3 Å². The lowest BCUT2D eigenvalue weighted by molar-refractivity contribution is -0.120. The van der Waals surface area contributed by atoms with Crippen LogP contribution in [0.25, 0.3) is 10.9 Å². The third-order valence-electron chi connectivity index (χ3n) is 7.59. The molecule has 37 heavy (non-hydrogen) atoms. The van der Waals surface area contributed by atoms with Crippen LogP contribution in [0.1, 0.15) is 23.6 Å². The Labute approximate surface area is 216 Å². The predicted molar refractivity (Wildman–Crippen MR) is 147 cm³/mol. The van der Waals surface area contributed by atoms with Crippen molar-refractivity contribution in [2.45, 2.75) is 25.4 Å². The lowest BCUT2D eigenvalue weighted by Crippen LogP contribution is -2.44. The van der Waals surface area contributed by atoms with Crippen molar-refractivity contribution in [2.75, 3.05) is 43.0 Å². The summed E-state index contributed by atoms with van der Waals surface area (Å²) in [6.07, 6.45) is 1.26. The van der Waals surface area contributed by atoms with Gasteiger partial charge < -0.3 is 9.80 Å². The summed E-state index contributed by atoms with van der Waals surface area (Å²) in [6.45, 7) is 4.52. The Bertz CT molecular complexity index is 1470. The number of fused-ring (bicyclic) bond motifs is 2. The van der Waals surface area contributed by atoms with Crippen molar-refractivity contribution in [2.24, 2.45) is 0 Å². The minimum absolute atomic E-state index is 0.0704. The van der Waals surface area contributed by atoms with E-state index in [1.165, 1.54) is 5.69 Å². The average molecular weight is 494 g/mol. The van der Waals surface area contributed by atoms with Crippen LogP contribution in [0.15, 0.2) is 83.7 Å². The number of hydrogen-bond acceptors (Lipinski definition) is 5. The number of piperazine rings is 1. The number of rotatable bonds is 6. The molecule has 2 aliphatic rings. The molecule has 0 bridgehead atoms. The van der Waals surface area contributed by atoms with E-state index in [4.69, 9.17) is 4.98 Å². The fourth-order valence-corrected chi connectivity index (χ4v) is 5.40. The van der Waals surface area contributed by atoms with Crippen molar-refractivity contribution >= 4 is 28.4 Å². The Balaban J connectivity index is 1.30. The fourth-order valence-electron chi connectivity index (χ4n) is 5.40. The van der Waals surface area contributed by atoms with E-state index in [-0.39, 0.29) is 11.5 Å². The van der Waals surface area contributed by atoms with Crippen molar-refractivity contribution in [1.29, 1.82) is 0 Å². The Morgan fingerprint density at radius 3 is 2.27 bits per heavy atom. The number of aromatic nitrogens is 2. The third kappa shape index (κ3) is 4.51. The highest BCUT2D eigenvalue weighted by Crippen LogP contribution is 2.33. The number of carbonyl (C=O) groups excluding carboxylic acids is 1. The highest BCUT2D eigenvalue weighted by atomic mass is 16.2. The van der Waals surface area contributed by atoms with Crippen molar-refractivity contribution in [3.63, 3.8) is 0 Å². The summed E-state index contributed by atoms with van der Waals surface area (Å²) >= 11 is 0. The number of para-hydroxylation sites is 1. The molecule has 188 valence electrons. The van der Waals surface area contributed by atoms with Gasteiger partial charge in [0.25, 0.3) is 11.5 Å². The van der Waals surface area contributed by atoms with Crippen molar-refractivity contribution in [3.05, 3.63) is 100 Å². The van der Waals surface area contributed by atoms with Crippen LogP contribution in [0.3, 0.4) is 0 Å². The maximum Gasteiger partial charge on any atom is 0.263 e. The number of anilines is 2. The molecule has 7 heteroatoms. The van der Waals surface area contributed by atoms with Crippen LogP contribution in [0, 0.1) is 0 Å². The first-order valence-corrected chi connectivity index (χ1v) is 13.0. The summed E-state index contributed by atoms with van der Waals surface area (Å²) in [6, 6.07) is 25.3. The van der Waals surface area contributed by atoms with E-state index in [0.717, 1.165) is 37.3 Å². The minimum Gasteiger partial charge on any atom is -0.369 e. The number of carbonyl (C=O) groups is 1. The first-order chi connectivity index (χ1) is 18.1. The molecule has 1 saturated heterocycles. The first-order valence-electron chi connectivity index (χ1n) is 13.0. The number of likely N-dealkylation sites (N-methyl/N-ethyl adjacent to an activating group) is 1.